The van der Waals surface area contributed by atoms with Gasteiger partial charge in [-0.05, 0) is 57.0 Å². The van der Waals surface area contributed by atoms with Crippen LogP contribution in [-0.4, -0.2) is 37.0 Å². The van der Waals surface area contributed by atoms with Gasteiger partial charge in [0, 0.05) is 12.6 Å². The van der Waals surface area contributed by atoms with E-state index < -0.39 is 0 Å². The zero-order valence-corrected chi connectivity index (χ0v) is 14.5. The number of nitrogens with zero attached hydrogens (tertiary/aromatic N) is 1. The van der Waals surface area contributed by atoms with Crippen molar-refractivity contribution in [3.05, 3.63) is 0 Å². The number of hydrogen-bond acceptors (Lipinski definition) is 2. The van der Waals surface area contributed by atoms with E-state index in [1.807, 2.05) is 0 Å². The van der Waals surface area contributed by atoms with Crippen LogP contribution >= 0.6 is 0 Å². The Morgan fingerprint density at radius 3 is 2.62 bits per heavy atom. The maximum Gasteiger partial charge on any atom is 0.224 e. The van der Waals surface area contributed by atoms with Gasteiger partial charge in [0.05, 0.1) is 5.92 Å². The Hall–Kier alpha value is -0.570. The van der Waals surface area contributed by atoms with Crippen LogP contribution in [0.25, 0.3) is 0 Å². The van der Waals surface area contributed by atoms with Gasteiger partial charge in [-0.3, -0.25) is 4.79 Å². The number of amides is 1. The van der Waals surface area contributed by atoms with Crippen LogP contribution in [0.15, 0.2) is 0 Å². The molecule has 0 aromatic carbocycles. The lowest BCUT2D eigenvalue weighted by Gasteiger charge is -2.35. The fourth-order valence-corrected chi connectivity index (χ4v) is 4.17. The van der Waals surface area contributed by atoms with Crippen LogP contribution in [0.3, 0.4) is 0 Å². The normalized spacial score (nSPS) is 31.9. The summed E-state index contributed by atoms with van der Waals surface area (Å²) in [4.78, 5) is 14.8. The van der Waals surface area contributed by atoms with Gasteiger partial charge in [0.25, 0.3) is 0 Å². The smallest absolute Gasteiger partial charge is 0.224 e. The first-order valence-electron chi connectivity index (χ1n) is 8.82. The highest BCUT2D eigenvalue weighted by Crippen LogP contribution is 2.34. The van der Waals surface area contributed by atoms with E-state index >= 15 is 0 Å². The van der Waals surface area contributed by atoms with Crippen molar-refractivity contribution in [3.63, 3.8) is 0 Å². The van der Waals surface area contributed by atoms with Crippen LogP contribution < -0.4 is 5.32 Å². The van der Waals surface area contributed by atoms with Crippen molar-refractivity contribution in [2.75, 3.05) is 20.1 Å². The molecule has 122 valence electrons. The number of rotatable bonds is 3. The second-order valence-electron chi connectivity index (χ2n) is 8.60. The molecule has 0 aromatic heterocycles. The lowest BCUT2D eigenvalue weighted by molar-refractivity contribution is -0.127. The summed E-state index contributed by atoms with van der Waals surface area (Å²) in [5.74, 6) is 1.31. The third kappa shape index (κ3) is 5.61. The summed E-state index contributed by atoms with van der Waals surface area (Å²) in [6.07, 6.45) is 8.48. The van der Waals surface area contributed by atoms with Gasteiger partial charge in [0.1, 0.15) is 0 Å². The Kier molecular flexibility index (Phi) is 5.70. The van der Waals surface area contributed by atoms with Crippen molar-refractivity contribution in [2.24, 2.45) is 17.3 Å². The summed E-state index contributed by atoms with van der Waals surface area (Å²) < 4.78 is 0. The minimum absolute atomic E-state index is 0.215. The third-order valence-electron chi connectivity index (χ3n) is 5.03. The SMILES string of the molecule is CN1CCCC(C(=O)NC2CCCC(CC(C)(C)C)C2)C1. The molecule has 1 aliphatic heterocycles. The van der Waals surface area contributed by atoms with Crippen LogP contribution in [-0.2, 0) is 4.79 Å². The standard InChI is InChI=1S/C18H34N2O/c1-18(2,3)12-14-7-5-9-16(11-14)19-17(21)15-8-6-10-20(4)13-15/h14-16H,5-13H2,1-4H3,(H,19,21). The molecule has 3 heteroatoms. The van der Waals surface area contributed by atoms with Crippen LogP contribution in [0.2, 0.25) is 0 Å². The summed E-state index contributed by atoms with van der Waals surface area (Å²) >= 11 is 0. The average molecular weight is 294 g/mol. The molecule has 1 amide bonds. The zero-order valence-electron chi connectivity index (χ0n) is 14.5. The van der Waals surface area contributed by atoms with Gasteiger partial charge in [0.2, 0.25) is 5.91 Å². The molecule has 0 bridgehead atoms. The summed E-state index contributed by atoms with van der Waals surface area (Å²) in [5.41, 5.74) is 0.405. The molecule has 3 unspecified atom stereocenters. The molecule has 3 nitrogen and oxygen atoms in total. The average Bonchev–Trinajstić information content (AvgIpc) is 2.37. The maximum atomic E-state index is 12.5. The van der Waals surface area contributed by atoms with Gasteiger partial charge in [-0.1, -0.05) is 33.6 Å². The molecule has 2 aliphatic rings. The number of piperidine rings is 1. The highest BCUT2D eigenvalue weighted by molar-refractivity contribution is 5.79. The van der Waals surface area contributed by atoms with Crippen LogP contribution in [0.4, 0.5) is 0 Å². The number of likely N-dealkylation sites (tertiary alicyclic amines) is 1. The van der Waals surface area contributed by atoms with Gasteiger partial charge < -0.3 is 10.2 Å². The van der Waals surface area contributed by atoms with Gasteiger partial charge in [-0.25, -0.2) is 0 Å². The maximum absolute atomic E-state index is 12.5. The Bertz CT molecular complexity index is 348. The fraction of sp³-hybridized carbons (Fsp3) is 0.944. The van der Waals surface area contributed by atoms with Crippen molar-refractivity contribution >= 4 is 5.91 Å². The molecule has 2 rings (SSSR count). The molecular weight excluding hydrogens is 260 g/mol. The van der Waals surface area contributed by atoms with Crippen molar-refractivity contribution in [2.45, 2.75) is 71.8 Å². The summed E-state index contributed by atoms with van der Waals surface area (Å²) in [7, 11) is 2.12. The molecule has 0 spiro atoms. The van der Waals surface area contributed by atoms with E-state index in [0.717, 1.165) is 31.8 Å². The van der Waals surface area contributed by atoms with E-state index in [0.29, 0.717) is 17.4 Å². The van der Waals surface area contributed by atoms with E-state index in [9.17, 15) is 4.79 Å². The summed E-state index contributed by atoms with van der Waals surface area (Å²) in [6, 6.07) is 0.422. The molecule has 21 heavy (non-hydrogen) atoms. The minimum Gasteiger partial charge on any atom is -0.353 e. The molecule has 1 saturated carbocycles. The Labute approximate surface area is 130 Å². The monoisotopic (exact) mass is 294 g/mol. The van der Waals surface area contributed by atoms with Gasteiger partial charge in [-0.2, -0.15) is 0 Å². The van der Waals surface area contributed by atoms with Gasteiger partial charge in [-0.15, -0.1) is 0 Å². The van der Waals surface area contributed by atoms with Crippen molar-refractivity contribution in [3.8, 4) is 0 Å². The van der Waals surface area contributed by atoms with E-state index in [-0.39, 0.29) is 5.92 Å². The predicted molar refractivity (Wildman–Crippen MR) is 88.2 cm³/mol. The van der Waals surface area contributed by atoms with Crippen LogP contribution in [0.1, 0.15) is 65.7 Å². The third-order valence-corrected chi connectivity index (χ3v) is 5.03. The lowest BCUT2D eigenvalue weighted by Crippen LogP contribution is -2.46. The van der Waals surface area contributed by atoms with Crippen LogP contribution in [0.5, 0.6) is 0 Å². The van der Waals surface area contributed by atoms with Crippen molar-refractivity contribution in [1.29, 1.82) is 0 Å². The molecule has 2 fully saturated rings. The Balaban J connectivity index is 1.80. The largest absolute Gasteiger partial charge is 0.353 e. The van der Waals surface area contributed by atoms with Crippen LogP contribution in [0, 0.1) is 17.3 Å². The fourth-order valence-electron chi connectivity index (χ4n) is 4.17. The first-order chi connectivity index (χ1) is 9.83. The topological polar surface area (TPSA) is 32.3 Å². The molecule has 0 aromatic rings. The molecule has 3 atom stereocenters. The molecule has 0 radical (unpaired) electrons. The first kappa shape index (κ1) is 16.8. The molecule has 1 saturated heterocycles. The molecule has 1 N–H and O–H groups in total. The second kappa shape index (κ2) is 7.13. The molecular formula is C18H34N2O. The zero-order chi connectivity index (χ0) is 15.5. The second-order valence-corrected chi connectivity index (χ2v) is 8.60. The van der Waals surface area contributed by atoms with Gasteiger partial charge in [0.15, 0.2) is 0 Å². The summed E-state index contributed by atoms with van der Waals surface area (Å²) in [5, 5.41) is 3.36. The highest BCUT2D eigenvalue weighted by atomic mass is 16.2. The number of carbonyl (C=O) groups excluding carboxylic acids is 1. The number of hydrogen-bond donors (Lipinski definition) is 1. The van der Waals surface area contributed by atoms with Gasteiger partial charge >= 0.3 is 0 Å². The van der Waals surface area contributed by atoms with E-state index in [2.05, 4.69) is 38.0 Å². The highest BCUT2D eigenvalue weighted by Gasteiger charge is 2.29. The number of carbonyl (C=O) groups is 1. The number of nitrogens with one attached hydrogen (secondary N) is 1. The lowest BCUT2D eigenvalue weighted by atomic mass is 9.76. The summed E-state index contributed by atoms with van der Waals surface area (Å²) in [6.45, 7) is 9.05. The van der Waals surface area contributed by atoms with E-state index in [1.165, 1.54) is 32.1 Å². The molecule has 1 heterocycles. The Morgan fingerprint density at radius 2 is 1.95 bits per heavy atom. The first-order valence-corrected chi connectivity index (χ1v) is 8.82. The predicted octanol–water partition coefficient (Wildman–Crippen LogP) is 3.44. The quantitative estimate of drug-likeness (QED) is 0.865. The van der Waals surface area contributed by atoms with Crippen molar-refractivity contribution < 1.29 is 4.79 Å². The Morgan fingerprint density at radius 1 is 1.19 bits per heavy atom. The molecule has 1 aliphatic carbocycles. The van der Waals surface area contributed by atoms with E-state index in [1.54, 1.807) is 0 Å². The minimum atomic E-state index is 0.215. The van der Waals surface area contributed by atoms with E-state index in [4.69, 9.17) is 0 Å². The van der Waals surface area contributed by atoms with Crippen molar-refractivity contribution in [1.82, 2.24) is 10.2 Å².